The van der Waals surface area contributed by atoms with Crippen LogP contribution in [-0.4, -0.2) is 21.4 Å². The molecule has 0 aliphatic heterocycles. The van der Waals surface area contributed by atoms with Crippen molar-refractivity contribution in [1.82, 2.24) is 4.98 Å². The minimum atomic E-state index is -0.392. The van der Waals surface area contributed by atoms with E-state index < -0.39 is 6.10 Å². The van der Waals surface area contributed by atoms with Gasteiger partial charge in [0, 0.05) is 11.4 Å². The van der Waals surface area contributed by atoms with Crippen molar-refractivity contribution in [2.75, 3.05) is 5.73 Å². The monoisotopic (exact) mass is 232 g/mol. The summed E-state index contributed by atoms with van der Waals surface area (Å²) in [4.78, 5) is 4.10. The van der Waals surface area contributed by atoms with Gasteiger partial charge in [-0.3, -0.25) is 0 Å². The number of thioether (sulfide) groups is 1. The maximum absolute atomic E-state index is 9.31. The lowest BCUT2D eigenvalue weighted by atomic mass is 10.3. The number of aromatic nitrogens is 1. The summed E-state index contributed by atoms with van der Waals surface area (Å²) in [7, 11) is 0. The van der Waals surface area contributed by atoms with Gasteiger partial charge in [0.15, 0.2) is 0 Å². The molecule has 0 fully saturated rings. The third kappa shape index (κ3) is 3.04. The highest BCUT2D eigenvalue weighted by atomic mass is 35.5. The van der Waals surface area contributed by atoms with Gasteiger partial charge in [-0.25, -0.2) is 4.98 Å². The van der Waals surface area contributed by atoms with E-state index in [1.54, 1.807) is 19.2 Å². The average Bonchev–Trinajstić information content (AvgIpc) is 2.09. The highest BCUT2D eigenvalue weighted by Gasteiger charge is 2.13. The lowest BCUT2D eigenvalue weighted by Crippen LogP contribution is -2.15. The van der Waals surface area contributed by atoms with E-state index in [9.17, 15) is 5.11 Å². The van der Waals surface area contributed by atoms with Crippen LogP contribution in [0.1, 0.15) is 13.8 Å². The van der Waals surface area contributed by atoms with Crippen molar-refractivity contribution in [2.24, 2.45) is 0 Å². The molecule has 0 aliphatic carbocycles. The Morgan fingerprint density at radius 2 is 2.21 bits per heavy atom. The third-order valence-electron chi connectivity index (χ3n) is 1.82. The van der Waals surface area contributed by atoms with E-state index in [0.717, 1.165) is 0 Å². The van der Waals surface area contributed by atoms with E-state index in [-0.39, 0.29) is 5.25 Å². The molecule has 3 N–H and O–H groups in total. The summed E-state index contributed by atoms with van der Waals surface area (Å²) in [5.41, 5.74) is 6.27. The van der Waals surface area contributed by atoms with Gasteiger partial charge >= 0.3 is 0 Å². The number of nitrogens with two attached hydrogens (primary N) is 1. The lowest BCUT2D eigenvalue weighted by Gasteiger charge is -2.14. The Morgan fingerprint density at radius 3 is 2.71 bits per heavy atom. The number of nitrogens with zero attached hydrogens (tertiary/aromatic N) is 1. The summed E-state index contributed by atoms with van der Waals surface area (Å²) in [5, 5.41) is 10.6. The van der Waals surface area contributed by atoms with E-state index in [4.69, 9.17) is 17.3 Å². The predicted octanol–water partition coefficient (Wildman–Crippen LogP) is 2.18. The second-order valence-electron chi connectivity index (χ2n) is 3.11. The molecule has 3 nitrogen and oxygen atoms in total. The first kappa shape index (κ1) is 11.6. The third-order valence-corrected chi connectivity index (χ3v) is 3.36. The Bertz CT molecular complexity index is 320. The number of anilines is 1. The van der Waals surface area contributed by atoms with E-state index in [0.29, 0.717) is 15.7 Å². The molecule has 14 heavy (non-hydrogen) atoms. The van der Waals surface area contributed by atoms with Gasteiger partial charge in [0.1, 0.15) is 5.03 Å². The number of nitrogen functional groups attached to an aromatic ring is 1. The summed E-state index contributed by atoms with van der Waals surface area (Å²) in [6.45, 7) is 3.66. The first-order valence-corrected chi connectivity index (χ1v) is 5.52. The number of hydrogen-bond donors (Lipinski definition) is 2. The Labute approximate surface area is 92.7 Å². The molecule has 0 spiro atoms. The van der Waals surface area contributed by atoms with Gasteiger partial charge in [-0.2, -0.15) is 0 Å². The number of pyridine rings is 1. The van der Waals surface area contributed by atoms with Gasteiger partial charge in [0.05, 0.1) is 16.8 Å². The lowest BCUT2D eigenvalue weighted by molar-refractivity contribution is 0.196. The number of hydrogen-bond acceptors (Lipinski definition) is 4. The fraction of sp³-hybridized carbons (Fsp3) is 0.444. The summed E-state index contributed by atoms with van der Waals surface area (Å²) in [6.07, 6.45) is 1.16. The van der Waals surface area contributed by atoms with E-state index in [1.807, 2.05) is 6.92 Å². The number of rotatable bonds is 3. The van der Waals surface area contributed by atoms with E-state index in [1.165, 1.54) is 11.8 Å². The number of halogens is 1. The van der Waals surface area contributed by atoms with Crippen LogP contribution in [0.5, 0.6) is 0 Å². The van der Waals surface area contributed by atoms with Crippen LogP contribution in [0.4, 0.5) is 5.69 Å². The van der Waals surface area contributed by atoms with Gasteiger partial charge in [-0.15, -0.1) is 0 Å². The van der Waals surface area contributed by atoms with Gasteiger partial charge in [-0.1, -0.05) is 30.3 Å². The summed E-state index contributed by atoms with van der Waals surface area (Å²) in [5.74, 6) is 0. The summed E-state index contributed by atoms with van der Waals surface area (Å²) in [6, 6.07) is 1.66. The van der Waals surface area contributed by atoms with Gasteiger partial charge < -0.3 is 10.8 Å². The maximum atomic E-state index is 9.31. The highest BCUT2D eigenvalue weighted by Crippen LogP contribution is 2.29. The molecule has 0 bridgehead atoms. The van der Waals surface area contributed by atoms with Crippen LogP contribution < -0.4 is 5.73 Å². The Kier molecular flexibility index (Phi) is 4.04. The molecule has 1 aromatic rings. The molecule has 0 aliphatic rings. The molecule has 1 rings (SSSR count). The van der Waals surface area contributed by atoms with Gasteiger partial charge in [0.25, 0.3) is 0 Å². The molecule has 1 heterocycles. The van der Waals surface area contributed by atoms with Crippen LogP contribution in [0.15, 0.2) is 17.3 Å². The number of aliphatic hydroxyl groups is 1. The minimum absolute atomic E-state index is 0.0611. The molecule has 2 unspecified atom stereocenters. The first-order chi connectivity index (χ1) is 6.50. The Hall–Kier alpha value is -0.450. The van der Waals surface area contributed by atoms with E-state index >= 15 is 0 Å². The minimum Gasteiger partial charge on any atom is -0.396 e. The van der Waals surface area contributed by atoms with Crippen molar-refractivity contribution in [3.05, 3.63) is 17.3 Å². The molecule has 78 valence electrons. The van der Waals surface area contributed by atoms with Gasteiger partial charge in [0.2, 0.25) is 0 Å². The molecular weight excluding hydrogens is 220 g/mol. The molecule has 5 heteroatoms. The van der Waals surface area contributed by atoms with Crippen LogP contribution in [-0.2, 0) is 0 Å². The largest absolute Gasteiger partial charge is 0.396 e. The topological polar surface area (TPSA) is 59.1 Å². The smallest absolute Gasteiger partial charge is 0.119 e. The zero-order chi connectivity index (χ0) is 10.7. The fourth-order valence-corrected chi connectivity index (χ4v) is 1.84. The highest BCUT2D eigenvalue weighted by molar-refractivity contribution is 8.00. The average molecular weight is 233 g/mol. The van der Waals surface area contributed by atoms with Gasteiger partial charge in [-0.05, 0) is 13.0 Å². The molecule has 0 aromatic carbocycles. The molecule has 0 saturated carbocycles. The van der Waals surface area contributed by atoms with Crippen LogP contribution in [0.25, 0.3) is 0 Å². The van der Waals surface area contributed by atoms with Crippen molar-refractivity contribution in [1.29, 1.82) is 0 Å². The summed E-state index contributed by atoms with van der Waals surface area (Å²) < 4.78 is 0. The van der Waals surface area contributed by atoms with Crippen molar-refractivity contribution >= 4 is 29.1 Å². The standard InChI is InChI=1S/C9H13ClN2OS/c1-5(13)6(2)14-9-8(11)3-7(10)4-12-9/h3-6,13H,11H2,1-2H3. The maximum Gasteiger partial charge on any atom is 0.119 e. The normalized spacial score (nSPS) is 15.1. The van der Waals surface area contributed by atoms with Crippen molar-refractivity contribution in [3.63, 3.8) is 0 Å². The van der Waals surface area contributed by atoms with Crippen molar-refractivity contribution in [2.45, 2.75) is 30.2 Å². The number of aliphatic hydroxyl groups excluding tert-OH is 1. The Morgan fingerprint density at radius 1 is 1.57 bits per heavy atom. The quantitative estimate of drug-likeness (QED) is 0.785. The van der Waals surface area contributed by atoms with Crippen LogP contribution >= 0.6 is 23.4 Å². The second-order valence-corrected chi connectivity index (χ2v) is 4.91. The molecule has 2 atom stereocenters. The zero-order valence-corrected chi connectivity index (χ0v) is 9.64. The molecule has 0 amide bonds. The summed E-state index contributed by atoms with van der Waals surface area (Å²) >= 11 is 7.16. The molecule has 0 radical (unpaired) electrons. The Balaban J connectivity index is 2.77. The van der Waals surface area contributed by atoms with Crippen LogP contribution in [0.2, 0.25) is 5.02 Å². The molecule has 0 saturated heterocycles. The first-order valence-electron chi connectivity index (χ1n) is 4.26. The second kappa shape index (κ2) is 4.87. The molecular formula is C9H13ClN2OS. The fourth-order valence-electron chi connectivity index (χ4n) is 0.815. The van der Waals surface area contributed by atoms with Crippen LogP contribution in [0.3, 0.4) is 0 Å². The SMILES string of the molecule is CC(O)C(C)Sc1ncc(Cl)cc1N. The predicted molar refractivity (Wildman–Crippen MR) is 60.7 cm³/mol. The van der Waals surface area contributed by atoms with Crippen molar-refractivity contribution < 1.29 is 5.11 Å². The zero-order valence-electron chi connectivity index (χ0n) is 8.07. The molecule has 1 aromatic heterocycles. The van der Waals surface area contributed by atoms with E-state index in [2.05, 4.69) is 4.98 Å². The van der Waals surface area contributed by atoms with Crippen molar-refractivity contribution in [3.8, 4) is 0 Å². The van der Waals surface area contributed by atoms with Crippen LogP contribution in [0, 0.1) is 0 Å².